The number of imidazole rings is 1. The molecule has 0 atom stereocenters. The van der Waals surface area contributed by atoms with Gasteiger partial charge in [-0.3, -0.25) is 0 Å². The van der Waals surface area contributed by atoms with E-state index in [-0.39, 0.29) is 5.16 Å². The van der Waals surface area contributed by atoms with E-state index in [1.54, 1.807) is 0 Å². The molecule has 0 aliphatic rings. The van der Waals surface area contributed by atoms with Crippen molar-refractivity contribution in [2.45, 2.75) is 24.0 Å². The fourth-order valence-electron chi connectivity index (χ4n) is 5.98. The summed E-state index contributed by atoms with van der Waals surface area (Å²) in [5, 5.41) is -0.0831. The van der Waals surface area contributed by atoms with Crippen molar-refractivity contribution in [2.75, 3.05) is 0 Å². The molecule has 0 unspecified atom stereocenters. The number of allylic oxidation sites excluding steroid dienone is 1. The highest BCUT2D eigenvalue weighted by atomic mass is 28.2. The smallest absolute Gasteiger partial charge is 0.241 e. The molecular formula is C39H39BN2Si. The van der Waals surface area contributed by atoms with Gasteiger partial charge in [-0.05, 0) is 17.5 Å². The molecule has 0 bridgehead atoms. The van der Waals surface area contributed by atoms with Crippen molar-refractivity contribution < 1.29 is 0 Å². The summed E-state index contributed by atoms with van der Waals surface area (Å²) < 4.78 is 2.32. The molecule has 0 N–H and O–H groups in total. The monoisotopic (exact) mass is 574 g/mol. The Hall–Kier alpha value is -4.67. The van der Waals surface area contributed by atoms with Gasteiger partial charge in [-0.25, -0.2) is 4.98 Å². The van der Waals surface area contributed by atoms with Gasteiger partial charge in [0.25, 0.3) is 0 Å². The van der Waals surface area contributed by atoms with E-state index >= 15 is 0 Å². The molecule has 1 heterocycles. The van der Waals surface area contributed by atoms with Gasteiger partial charge in [-0.2, -0.15) is 0 Å². The van der Waals surface area contributed by atoms with Crippen LogP contribution in [0.2, 0.25) is 6.04 Å². The first-order chi connectivity index (χ1) is 21.3. The summed E-state index contributed by atoms with van der Waals surface area (Å²) in [7, 11) is -0.492. The molecule has 5 aromatic carbocycles. The largest absolute Gasteiger partial charge is 0.327 e. The Labute approximate surface area is 259 Å². The van der Waals surface area contributed by atoms with Crippen molar-refractivity contribution in [1.82, 2.24) is 9.55 Å². The number of unbranched alkanes of at least 4 members (excludes halogenated alkanes) is 1. The zero-order valence-corrected chi connectivity index (χ0v) is 26.2. The molecule has 0 saturated heterocycles. The highest BCUT2D eigenvalue weighted by molar-refractivity contribution is 6.95. The molecule has 0 aliphatic carbocycles. The first-order valence-electron chi connectivity index (χ1n) is 15.2. The Morgan fingerprint density at radius 2 is 1.05 bits per heavy atom. The van der Waals surface area contributed by atoms with Crippen LogP contribution in [0.4, 0.5) is 0 Å². The van der Waals surface area contributed by atoms with E-state index in [1.165, 1.54) is 40.0 Å². The van der Waals surface area contributed by atoms with Crippen LogP contribution >= 0.6 is 0 Å². The minimum atomic E-state index is -0.492. The van der Waals surface area contributed by atoms with Gasteiger partial charge in [0.2, 0.25) is 6.71 Å². The Morgan fingerprint density at radius 1 is 0.628 bits per heavy atom. The quantitative estimate of drug-likeness (QED) is 0.0997. The van der Waals surface area contributed by atoms with Crippen LogP contribution < -0.4 is 16.4 Å². The van der Waals surface area contributed by atoms with Crippen LogP contribution in [0.15, 0.2) is 183 Å². The summed E-state index contributed by atoms with van der Waals surface area (Å²) in [6, 6.07) is 55.1. The Balaban J connectivity index is 0.000000176. The van der Waals surface area contributed by atoms with E-state index in [9.17, 15) is 0 Å². The lowest BCUT2D eigenvalue weighted by Crippen LogP contribution is -2.51. The van der Waals surface area contributed by atoms with Gasteiger partial charge < -0.3 is 4.57 Å². The molecule has 6 aromatic rings. The number of aromatic nitrogens is 2. The highest BCUT2D eigenvalue weighted by Gasteiger charge is 2.35. The molecule has 0 saturated carbocycles. The van der Waals surface area contributed by atoms with E-state index in [0.717, 1.165) is 6.42 Å². The fourth-order valence-corrected chi connectivity index (χ4v) is 8.52. The first-order valence-corrected chi connectivity index (χ1v) is 16.9. The minimum Gasteiger partial charge on any atom is -0.327 e. The molecular weight excluding hydrogens is 535 g/mol. The van der Waals surface area contributed by atoms with Crippen molar-refractivity contribution in [3.8, 4) is 0 Å². The van der Waals surface area contributed by atoms with Crippen molar-refractivity contribution in [1.29, 1.82) is 0 Å². The lowest BCUT2D eigenvalue weighted by molar-refractivity contribution is 0.589. The van der Waals surface area contributed by atoms with Gasteiger partial charge >= 0.3 is 0 Å². The fraction of sp³-hybridized carbons (Fsp3) is 0.103. The van der Waals surface area contributed by atoms with Crippen molar-refractivity contribution in [3.63, 3.8) is 0 Å². The van der Waals surface area contributed by atoms with Gasteiger partial charge in [0.1, 0.15) is 0 Å². The number of hydrogen-bond acceptors (Lipinski definition) is 1. The minimum absolute atomic E-state index is 0.0831. The summed E-state index contributed by atoms with van der Waals surface area (Å²) in [4.78, 5) is 4.35. The van der Waals surface area contributed by atoms with Gasteiger partial charge in [0.05, 0.1) is 21.0 Å². The Bertz CT molecular complexity index is 1480. The van der Waals surface area contributed by atoms with E-state index in [4.69, 9.17) is 0 Å². The maximum atomic E-state index is 4.35. The second kappa shape index (κ2) is 15.5. The van der Waals surface area contributed by atoms with Crippen LogP contribution in [0.1, 0.15) is 24.0 Å². The van der Waals surface area contributed by atoms with Crippen molar-refractivity contribution in [3.05, 3.63) is 194 Å². The zero-order valence-electron chi connectivity index (χ0n) is 24.8. The van der Waals surface area contributed by atoms with E-state index in [2.05, 4.69) is 174 Å². The lowest BCUT2D eigenvalue weighted by atomic mass is 9.37. The molecule has 0 radical (unpaired) electrons. The maximum Gasteiger partial charge on any atom is 0.241 e. The molecule has 43 heavy (non-hydrogen) atoms. The van der Waals surface area contributed by atoms with Crippen molar-refractivity contribution >= 4 is 32.6 Å². The van der Waals surface area contributed by atoms with Crippen LogP contribution in [0.3, 0.4) is 0 Å². The summed E-state index contributed by atoms with van der Waals surface area (Å²) in [5.74, 6) is 0. The van der Waals surface area contributed by atoms with Crippen LogP contribution in [0.5, 0.6) is 0 Å². The van der Waals surface area contributed by atoms with Crippen LogP contribution in [0, 0.1) is 0 Å². The number of hydrogen-bond donors (Lipinski definition) is 0. The predicted molar refractivity (Wildman–Crippen MR) is 188 cm³/mol. The molecule has 0 aliphatic heterocycles. The molecule has 2 nitrogen and oxygen atoms in total. The molecule has 4 heteroatoms. The van der Waals surface area contributed by atoms with Crippen LogP contribution in [0.25, 0.3) is 0 Å². The summed E-state index contributed by atoms with van der Waals surface area (Å²) >= 11 is 0. The standard InChI is InChI=1S/C21H24N2Si.C18H15B/c1-2-3-10-17-24-21(23-16-15-22-18-23,19-11-6-4-7-12-19)20-13-8-5-9-14-20;1-4-10-16(11-5-1)19(17-12-6-2-7-13-17)18-14-8-3-9-15-18/h2,4-9,11-16,18H,1,3,10,17,24H2;1-15H. The SMILES string of the molecule is C=CCCC[SiH2]C(c1ccccc1)(c1ccccc1)n1ccnc1.c1ccc(B(c2ccccc2)c2ccccc2)cc1. The predicted octanol–water partition coefficient (Wildman–Crippen LogP) is 6.39. The Morgan fingerprint density at radius 3 is 1.42 bits per heavy atom. The summed E-state index contributed by atoms with van der Waals surface area (Å²) in [5.41, 5.74) is 6.72. The average molecular weight is 575 g/mol. The first kappa shape index (κ1) is 29.8. The third kappa shape index (κ3) is 7.40. The molecule has 0 spiro atoms. The van der Waals surface area contributed by atoms with Gasteiger partial charge in [-0.15, -0.1) is 6.58 Å². The highest BCUT2D eigenvalue weighted by Crippen LogP contribution is 2.34. The van der Waals surface area contributed by atoms with Gasteiger partial charge in [-0.1, -0.05) is 187 Å². The average Bonchev–Trinajstić information content (AvgIpc) is 3.63. The summed E-state index contributed by atoms with van der Waals surface area (Å²) in [6.45, 7) is 4.17. The van der Waals surface area contributed by atoms with E-state index in [1.807, 2.05) is 18.6 Å². The number of benzene rings is 5. The zero-order chi connectivity index (χ0) is 29.6. The Kier molecular flexibility index (Phi) is 10.8. The second-order valence-corrected chi connectivity index (χ2v) is 13.0. The molecule has 6 rings (SSSR count). The number of nitrogens with zero attached hydrogens (tertiary/aromatic N) is 2. The topological polar surface area (TPSA) is 17.8 Å². The molecule has 0 fully saturated rings. The maximum absolute atomic E-state index is 4.35. The molecule has 0 amide bonds. The van der Waals surface area contributed by atoms with Crippen LogP contribution in [-0.4, -0.2) is 25.8 Å². The van der Waals surface area contributed by atoms with Crippen LogP contribution in [-0.2, 0) is 5.16 Å². The van der Waals surface area contributed by atoms with Crippen molar-refractivity contribution in [2.24, 2.45) is 0 Å². The second-order valence-electron chi connectivity index (χ2n) is 10.8. The molecule has 212 valence electrons. The number of rotatable bonds is 11. The van der Waals surface area contributed by atoms with Gasteiger partial charge in [0, 0.05) is 12.4 Å². The third-order valence-electron chi connectivity index (χ3n) is 8.04. The lowest BCUT2D eigenvalue weighted by Gasteiger charge is -2.37. The van der Waals surface area contributed by atoms with Gasteiger partial charge in [0.15, 0.2) is 0 Å². The van der Waals surface area contributed by atoms with E-state index < -0.39 is 9.52 Å². The van der Waals surface area contributed by atoms with E-state index in [0.29, 0.717) is 6.71 Å². The third-order valence-corrected chi connectivity index (χ3v) is 10.8. The summed E-state index contributed by atoms with van der Waals surface area (Å²) in [6.07, 6.45) is 10.3. The normalized spacial score (nSPS) is 11.1. The molecule has 1 aromatic heterocycles.